The van der Waals surface area contributed by atoms with Crippen LogP contribution in [0.1, 0.15) is 26.5 Å². The van der Waals surface area contributed by atoms with Gasteiger partial charge < -0.3 is 4.52 Å². The summed E-state index contributed by atoms with van der Waals surface area (Å²) in [7, 11) is 0. The van der Waals surface area contributed by atoms with E-state index in [9.17, 15) is 0 Å². The van der Waals surface area contributed by atoms with Gasteiger partial charge in [-0.2, -0.15) is 0 Å². The summed E-state index contributed by atoms with van der Waals surface area (Å²) in [6, 6.07) is 1.81. The molecule has 0 aliphatic carbocycles. The smallest absolute Gasteiger partial charge is 0.124 e. The van der Waals surface area contributed by atoms with E-state index < -0.39 is 0 Å². The molecule has 10 heavy (non-hydrogen) atoms. The standard InChI is InChI=1S/C4H5NO.C4H10/c1-4-2-3-6-5-4;1-4(2)3/h2-3H,1H3;4H,1-3H3. The predicted octanol–water partition coefficient (Wildman–Crippen LogP) is 2.65. The zero-order valence-electron chi connectivity index (χ0n) is 7.09. The number of hydrogen-bond acceptors (Lipinski definition) is 2. The lowest BCUT2D eigenvalue weighted by atomic mass is 10.3. The fraction of sp³-hybridized carbons (Fsp3) is 0.625. The maximum absolute atomic E-state index is 4.46. The van der Waals surface area contributed by atoms with Gasteiger partial charge in [-0.15, -0.1) is 0 Å². The van der Waals surface area contributed by atoms with Crippen molar-refractivity contribution >= 4 is 0 Å². The maximum Gasteiger partial charge on any atom is 0.124 e. The summed E-state index contributed by atoms with van der Waals surface area (Å²) in [4.78, 5) is 0. The molecule has 1 aromatic heterocycles. The Kier molecular flexibility index (Phi) is 4.63. The fourth-order valence-electron chi connectivity index (χ4n) is 0.273. The van der Waals surface area contributed by atoms with E-state index in [1.54, 1.807) is 12.3 Å². The van der Waals surface area contributed by atoms with E-state index in [1.165, 1.54) is 0 Å². The summed E-state index contributed by atoms with van der Waals surface area (Å²) < 4.78 is 4.46. The van der Waals surface area contributed by atoms with Crippen LogP contribution < -0.4 is 0 Å². The third kappa shape index (κ3) is 7.21. The first kappa shape index (κ1) is 9.21. The van der Waals surface area contributed by atoms with E-state index in [1.807, 2.05) is 6.92 Å². The zero-order valence-corrected chi connectivity index (χ0v) is 7.09. The monoisotopic (exact) mass is 141 g/mol. The van der Waals surface area contributed by atoms with Gasteiger partial charge in [-0.3, -0.25) is 0 Å². The minimum Gasteiger partial charge on any atom is -0.365 e. The molecule has 0 aliphatic heterocycles. The van der Waals surface area contributed by atoms with Crippen molar-refractivity contribution in [1.82, 2.24) is 5.16 Å². The van der Waals surface area contributed by atoms with Gasteiger partial charge in [0.2, 0.25) is 0 Å². The molecule has 0 saturated carbocycles. The summed E-state index contributed by atoms with van der Waals surface area (Å²) in [6.45, 7) is 8.38. The number of rotatable bonds is 0. The van der Waals surface area contributed by atoms with E-state index in [0.717, 1.165) is 11.6 Å². The molecule has 0 radical (unpaired) electrons. The van der Waals surface area contributed by atoms with Crippen LogP contribution >= 0.6 is 0 Å². The largest absolute Gasteiger partial charge is 0.365 e. The third-order valence-corrected chi connectivity index (χ3v) is 0.567. The lowest BCUT2D eigenvalue weighted by Crippen LogP contribution is -1.66. The topological polar surface area (TPSA) is 26.0 Å². The molecular weight excluding hydrogens is 126 g/mol. The second-order valence-electron chi connectivity index (χ2n) is 2.87. The maximum atomic E-state index is 4.46. The Morgan fingerprint density at radius 1 is 1.40 bits per heavy atom. The molecule has 0 unspecified atom stereocenters. The molecule has 58 valence electrons. The molecule has 2 heteroatoms. The summed E-state index contributed by atoms with van der Waals surface area (Å²) in [5.74, 6) is 0.833. The summed E-state index contributed by atoms with van der Waals surface area (Å²) in [5, 5.41) is 3.54. The molecule has 0 bridgehead atoms. The van der Waals surface area contributed by atoms with Gasteiger partial charge in [-0.25, -0.2) is 0 Å². The van der Waals surface area contributed by atoms with Crippen molar-refractivity contribution in [3.05, 3.63) is 18.0 Å². The van der Waals surface area contributed by atoms with Crippen LogP contribution in [0.25, 0.3) is 0 Å². The van der Waals surface area contributed by atoms with Crippen LogP contribution in [-0.4, -0.2) is 5.16 Å². The highest BCUT2D eigenvalue weighted by molar-refractivity contribution is 4.89. The normalized spacial score (nSPS) is 8.90. The molecule has 1 heterocycles. The Labute approximate surface area is 62.2 Å². The van der Waals surface area contributed by atoms with Crippen molar-refractivity contribution in [2.45, 2.75) is 27.7 Å². The number of aromatic nitrogens is 1. The van der Waals surface area contributed by atoms with Gasteiger partial charge in [0, 0.05) is 6.07 Å². The van der Waals surface area contributed by atoms with Crippen molar-refractivity contribution in [2.75, 3.05) is 0 Å². The van der Waals surface area contributed by atoms with E-state index in [4.69, 9.17) is 0 Å². The molecule has 0 N–H and O–H groups in total. The molecule has 0 atom stereocenters. The van der Waals surface area contributed by atoms with Crippen molar-refractivity contribution in [3.8, 4) is 0 Å². The minimum absolute atomic E-state index is 0.833. The lowest BCUT2D eigenvalue weighted by Gasteiger charge is -1.79. The fourth-order valence-corrected chi connectivity index (χ4v) is 0.273. The van der Waals surface area contributed by atoms with E-state index in [2.05, 4.69) is 30.5 Å². The molecule has 1 aromatic rings. The molecule has 0 fully saturated rings. The van der Waals surface area contributed by atoms with Crippen molar-refractivity contribution in [1.29, 1.82) is 0 Å². The molecule has 1 rings (SSSR count). The number of hydrogen-bond donors (Lipinski definition) is 0. The molecular formula is C8H15NO. The van der Waals surface area contributed by atoms with E-state index >= 15 is 0 Å². The van der Waals surface area contributed by atoms with Gasteiger partial charge in [0.25, 0.3) is 0 Å². The van der Waals surface area contributed by atoms with Crippen LogP contribution in [0.5, 0.6) is 0 Å². The summed E-state index contributed by atoms with van der Waals surface area (Å²) in [5.41, 5.74) is 0.926. The van der Waals surface area contributed by atoms with Gasteiger partial charge >= 0.3 is 0 Å². The van der Waals surface area contributed by atoms with E-state index in [-0.39, 0.29) is 0 Å². The SMILES string of the molecule is CC(C)C.Cc1ccon1. The van der Waals surface area contributed by atoms with E-state index in [0.29, 0.717) is 0 Å². The highest BCUT2D eigenvalue weighted by Gasteiger charge is 1.78. The van der Waals surface area contributed by atoms with Crippen LogP contribution in [0.2, 0.25) is 0 Å². The molecule has 0 aliphatic rings. The molecule has 0 spiro atoms. The van der Waals surface area contributed by atoms with Crippen molar-refractivity contribution < 1.29 is 4.52 Å². The molecule has 0 saturated heterocycles. The average molecular weight is 141 g/mol. The Morgan fingerprint density at radius 2 is 1.90 bits per heavy atom. The van der Waals surface area contributed by atoms with Gasteiger partial charge in [0.15, 0.2) is 0 Å². The number of nitrogens with zero attached hydrogens (tertiary/aromatic N) is 1. The van der Waals surface area contributed by atoms with Crippen LogP contribution in [-0.2, 0) is 0 Å². The molecule has 0 aromatic carbocycles. The quantitative estimate of drug-likeness (QED) is 0.555. The Morgan fingerprint density at radius 3 is 2.00 bits per heavy atom. The molecule has 0 amide bonds. The highest BCUT2D eigenvalue weighted by atomic mass is 16.5. The second kappa shape index (κ2) is 5.03. The van der Waals surface area contributed by atoms with Crippen molar-refractivity contribution in [2.24, 2.45) is 5.92 Å². The average Bonchev–Trinajstić information content (AvgIpc) is 2.15. The Balaban J connectivity index is 0.000000180. The number of aryl methyl sites for hydroxylation is 1. The first-order chi connectivity index (χ1) is 4.63. The van der Waals surface area contributed by atoms with Gasteiger partial charge in [0.1, 0.15) is 6.26 Å². The molecule has 2 nitrogen and oxygen atoms in total. The Hall–Kier alpha value is -0.790. The van der Waals surface area contributed by atoms with Gasteiger partial charge in [-0.1, -0.05) is 25.9 Å². The van der Waals surface area contributed by atoms with Crippen LogP contribution in [0, 0.1) is 12.8 Å². The minimum atomic E-state index is 0.833. The van der Waals surface area contributed by atoms with Crippen molar-refractivity contribution in [3.63, 3.8) is 0 Å². The predicted molar refractivity (Wildman–Crippen MR) is 41.8 cm³/mol. The third-order valence-electron chi connectivity index (χ3n) is 0.567. The van der Waals surface area contributed by atoms with Crippen LogP contribution in [0.4, 0.5) is 0 Å². The zero-order chi connectivity index (χ0) is 7.98. The highest BCUT2D eigenvalue weighted by Crippen LogP contribution is 1.86. The summed E-state index contributed by atoms with van der Waals surface area (Å²) >= 11 is 0. The van der Waals surface area contributed by atoms with Crippen LogP contribution in [0.15, 0.2) is 16.9 Å². The second-order valence-corrected chi connectivity index (χ2v) is 2.87. The first-order valence-electron chi connectivity index (χ1n) is 3.50. The van der Waals surface area contributed by atoms with Crippen LogP contribution in [0.3, 0.4) is 0 Å². The lowest BCUT2D eigenvalue weighted by molar-refractivity contribution is 0.415. The first-order valence-corrected chi connectivity index (χ1v) is 3.50. The van der Waals surface area contributed by atoms with Gasteiger partial charge in [-0.05, 0) is 12.8 Å². The Bertz CT molecular complexity index is 142. The summed E-state index contributed by atoms with van der Waals surface area (Å²) in [6.07, 6.45) is 1.55. The van der Waals surface area contributed by atoms with Gasteiger partial charge in [0.05, 0.1) is 5.69 Å².